The van der Waals surface area contributed by atoms with E-state index in [0.29, 0.717) is 32.1 Å². The molecule has 1 aliphatic carbocycles. The Morgan fingerprint density at radius 1 is 1.50 bits per heavy atom. The van der Waals surface area contributed by atoms with Gasteiger partial charge in [0.1, 0.15) is 5.60 Å². The summed E-state index contributed by atoms with van der Waals surface area (Å²) >= 11 is 0. The van der Waals surface area contributed by atoms with Crippen LogP contribution in [0.5, 0.6) is 0 Å². The number of carbonyl (C=O) groups is 1. The van der Waals surface area contributed by atoms with Crippen LogP contribution in [0, 0.1) is 5.92 Å². The topological polar surface area (TPSA) is 70.6 Å². The van der Waals surface area contributed by atoms with Crippen molar-refractivity contribution < 1.29 is 14.6 Å². The molecule has 92 valence electrons. The normalized spacial score (nSPS) is 29.3. The third-order valence-electron chi connectivity index (χ3n) is 3.11. The predicted molar refractivity (Wildman–Crippen MR) is 59.0 cm³/mol. The molecule has 0 spiro atoms. The standard InChI is InChI=1S/C11H20N2O3/c14-10(13-5-9-1-2-9)6-12-7-11(15)3-4-16-8-11/h9,12,15H,1-8H2,(H,13,14). The highest BCUT2D eigenvalue weighted by atomic mass is 16.5. The second kappa shape index (κ2) is 5.12. The number of aliphatic hydroxyl groups is 1. The van der Waals surface area contributed by atoms with Crippen molar-refractivity contribution in [1.82, 2.24) is 10.6 Å². The molecule has 16 heavy (non-hydrogen) atoms. The quantitative estimate of drug-likeness (QED) is 0.559. The molecule has 0 aromatic rings. The molecule has 2 rings (SSSR count). The van der Waals surface area contributed by atoms with Gasteiger partial charge >= 0.3 is 0 Å². The molecule has 1 atom stereocenters. The summed E-state index contributed by atoms with van der Waals surface area (Å²) in [7, 11) is 0. The van der Waals surface area contributed by atoms with Crippen molar-refractivity contribution in [3.05, 3.63) is 0 Å². The van der Waals surface area contributed by atoms with Gasteiger partial charge in [-0.25, -0.2) is 0 Å². The average molecular weight is 228 g/mol. The van der Waals surface area contributed by atoms with Gasteiger partial charge in [-0.3, -0.25) is 4.79 Å². The van der Waals surface area contributed by atoms with Gasteiger partial charge in [0, 0.05) is 26.1 Å². The Morgan fingerprint density at radius 3 is 2.94 bits per heavy atom. The molecule has 1 amide bonds. The number of rotatable bonds is 6. The summed E-state index contributed by atoms with van der Waals surface area (Å²) in [6.45, 7) is 2.46. The largest absolute Gasteiger partial charge is 0.386 e. The van der Waals surface area contributed by atoms with E-state index in [1.807, 2.05) is 0 Å². The van der Waals surface area contributed by atoms with Gasteiger partial charge in [0.15, 0.2) is 0 Å². The van der Waals surface area contributed by atoms with Crippen LogP contribution in [0.1, 0.15) is 19.3 Å². The van der Waals surface area contributed by atoms with Crippen molar-refractivity contribution in [2.75, 3.05) is 32.8 Å². The second-order valence-electron chi connectivity index (χ2n) is 4.88. The van der Waals surface area contributed by atoms with E-state index in [0.717, 1.165) is 6.54 Å². The molecular formula is C11H20N2O3. The fraction of sp³-hybridized carbons (Fsp3) is 0.909. The zero-order valence-corrected chi connectivity index (χ0v) is 9.50. The molecule has 0 aromatic heterocycles. The second-order valence-corrected chi connectivity index (χ2v) is 4.88. The molecule has 0 radical (unpaired) electrons. The van der Waals surface area contributed by atoms with Gasteiger partial charge in [-0.05, 0) is 18.8 Å². The number of amides is 1. The van der Waals surface area contributed by atoms with Gasteiger partial charge in [0.25, 0.3) is 0 Å². The lowest BCUT2D eigenvalue weighted by Gasteiger charge is -2.20. The highest BCUT2D eigenvalue weighted by Crippen LogP contribution is 2.27. The van der Waals surface area contributed by atoms with Crippen LogP contribution in [0.25, 0.3) is 0 Å². The first-order chi connectivity index (χ1) is 7.68. The van der Waals surface area contributed by atoms with Gasteiger partial charge in [0.05, 0.1) is 13.2 Å². The monoisotopic (exact) mass is 228 g/mol. The van der Waals surface area contributed by atoms with E-state index < -0.39 is 5.60 Å². The van der Waals surface area contributed by atoms with Gasteiger partial charge in [-0.2, -0.15) is 0 Å². The first-order valence-corrected chi connectivity index (χ1v) is 5.95. The molecule has 0 bridgehead atoms. The Balaban J connectivity index is 1.54. The van der Waals surface area contributed by atoms with E-state index >= 15 is 0 Å². The summed E-state index contributed by atoms with van der Waals surface area (Å²) in [4.78, 5) is 11.4. The van der Waals surface area contributed by atoms with E-state index in [2.05, 4.69) is 10.6 Å². The first-order valence-electron chi connectivity index (χ1n) is 5.95. The number of ether oxygens (including phenoxy) is 1. The van der Waals surface area contributed by atoms with Crippen LogP contribution < -0.4 is 10.6 Å². The number of hydrogen-bond acceptors (Lipinski definition) is 4. The predicted octanol–water partition coefficient (Wildman–Crippen LogP) is -0.746. The van der Waals surface area contributed by atoms with Crippen LogP contribution in [0.2, 0.25) is 0 Å². The Labute approximate surface area is 95.5 Å². The van der Waals surface area contributed by atoms with Crippen molar-refractivity contribution in [2.45, 2.75) is 24.9 Å². The molecule has 1 aliphatic heterocycles. The van der Waals surface area contributed by atoms with Gasteiger partial charge in [-0.1, -0.05) is 0 Å². The molecule has 5 heteroatoms. The zero-order valence-electron chi connectivity index (χ0n) is 9.50. The molecule has 2 aliphatic rings. The highest BCUT2D eigenvalue weighted by molar-refractivity contribution is 5.78. The fourth-order valence-electron chi connectivity index (χ4n) is 1.79. The maximum atomic E-state index is 11.4. The molecule has 1 heterocycles. The molecule has 3 N–H and O–H groups in total. The van der Waals surface area contributed by atoms with E-state index in [1.165, 1.54) is 12.8 Å². The smallest absolute Gasteiger partial charge is 0.233 e. The summed E-state index contributed by atoms with van der Waals surface area (Å²) in [5.74, 6) is 0.714. The molecule has 0 aromatic carbocycles. The van der Waals surface area contributed by atoms with Crippen molar-refractivity contribution in [2.24, 2.45) is 5.92 Å². The van der Waals surface area contributed by atoms with E-state index in [1.54, 1.807) is 0 Å². The maximum absolute atomic E-state index is 11.4. The van der Waals surface area contributed by atoms with Crippen LogP contribution in [0.3, 0.4) is 0 Å². The molecule has 1 unspecified atom stereocenters. The summed E-state index contributed by atoms with van der Waals surface area (Å²) in [5.41, 5.74) is -0.781. The summed E-state index contributed by atoms with van der Waals surface area (Å²) < 4.78 is 5.11. The minimum absolute atomic E-state index is 0.00872. The van der Waals surface area contributed by atoms with Crippen LogP contribution in [-0.4, -0.2) is 49.5 Å². The summed E-state index contributed by atoms with van der Waals surface area (Å²) in [6, 6.07) is 0. The van der Waals surface area contributed by atoms with Crippen molar-refractivity contribution in [1.29, 1.82) is 0 Å². The van der Waals surface area contributed by atoms with Crippen LogP contribution >= 0.6 is 0 Å². The molecule has 1 saturated carbocycles. The molecule has 1 saturated heterocycles. The van der Waals surface area contributed by atoms with Gasteiger partial charge in [0.2, 0.25) is 5.91 Å². The van der Waals surface area contributed by atoms with Crippen molar-refractivity contribution >= 4 is 5.91 Å². The third kappa shape index (κ3) is 3.73. The Hall–Kier alpha value is -0.650. The molecular weight excluding hydrogens is 208 g/mol. The zero-order chi connectivity index (χ0) is 11.4. The molecule has 2 fully saturated rings. The maximum Gasteiger partial charge on any atom is 0.233 e. The third-order valence-corrected chi connectivity index (χ3v) is 3.11. The highest BCUT2D eigenvalue weighted by Gasteiger charge is 2.31. The van der Waals surface area contributed by atoms with Crippen LogP contribution in [0.4, 0.5) is 0 Å². The van der Waals surface area contributed by atoms with E-state index in [9.17, 15) is 9.90 Å². The summed E-state index contributed by atoms with van der Waals surface area (Å²) in [5, 5.41) is 15.8. The van der Waals surface area contributed by atoms with Crippen molar-refractivity contribution in [3.8, 4) is 0 Å². The fourth-order valence-corrected chi connectivity index (χ4v) is 1.79. The van der Waals surface area contributed by atoms with Crippen molar-refractivity contribution in [3.63, 3.8) is 0 Å². The number of carbonyl (C=O) groups excluding carboxylic acids is 1. The lowest BCUT2D eigenvalue weighted by Crippen LogP contribution is -2.44. The minimum atomic E-state index is -0.781. The lowest BCUT2D eigenvalue weighted by atomic mass is 10.0. The first kappa shape index (κ1) is 11.8. The Kier molecular flexibility index (Phi) is 3.78. The Morgan fingerprint density at radius 2 is 2.31 bits per heavy atom. The molecule has 5 nitrogen and oxygen atoms in total. The van der Waals surface area contributed by atoms with Crippen LogP contribution in [0.15, 0.2) is 0 Å². The Bertz CT molecular complexity index is 248. The lowest BCUT2D eigenvalue weighted by molar-refractivity contribution is -0.120. The van der Waals surface area contributed by atoms with Gasteiger partial charge in [-0.15, -0.1) is 0 Å². The van der Waals surface area contributed by atoms with E-state index in [4.69, 9.17) is 4.74 Å². The average Bonchev–Trinajstić information content (AvgIpc) is 2.99. The number of nitrogens with one attached hydrogen (secondary N) is 2. The minimum Gasteiger partial charge on any atom is -0.386 e. The summed E-state index contributed by atoms with van der Waals surface area (Å²) in [6.07, 6.45) is 3.12. The van der Waals surface area contributed by atoms with Gasteiger partial charge < -0.3 is 20.5 Å². The number of hydrogen-bond donors (Lipinski definition) is 3. The van der Waals surface area contributed by atoms with E-state index in [-0.39, 0.29) is 12.5 Å². The SMILES string of the molecule is O=C(CNCC1(O)CCOC1)NCC1CC1. The van der Waals surface area contributed by atoms with Crippen LogP contribution in [-0.2, 0) is 9.53 Å².